The fraction of sp³-hybridized carbons (Fsp3) is 0.423. The number of amides is 2. The monoisotopic (exact) mass is 544 g/mol. The molecule has 1 fully saturated rings. The zero-order chi connectivity index (χ0) is 27.9. The molecule has 0 radical (unpaired) electrons. The molecule has 206 valence electrons. The molecule has 13 heteroatoms. The Balaban J connectivity index is 1.35. The predicted octanol–water partition coefficient (Wildman–Crippen LogP) is 4.27. The van der Waals surface area contributed by atoms with E-state index in [0.29, 0.717) is 36.3 Å². The highest BCUT2D eigenvalue weighted by molar-refractivity contribution is 5.97. The molecule has 2 atom stereocenters. The summed E-state index contributed by atoms with van der Waals surface area (Å²) in [5.41, 5.74) is 0.987. The first kappa shape index (κ1) is 26.4. The highest BCUT2D eigenvalue weighted by Gasteiger charge is 2.44. The Bertz CT molecular complexity index is 1370. The largest absolute Gasteiger partial charge is 0.573 e. The van der Waals surface area contributed by atoms with E-state index >= 15 is 0 Å². The summed E-state index contributed by atoms with van der Waals surface area (Å²) in [7, 11) is 0. The minimum Gasteiger partial charge on any atom is -0.444 e. The highest BCUT2D eigenvalue weighted by Crippen LogP contribution is 2.33. The first-order valence-electron chi connectivity index (χ1n) is 12.4. The average molecular weight is 545 g/mol. The summed E-state index contributed by atoms with van der Waals surface area (Å²) in [6, 6.07) is 8.30. The second-order valence-electron chi connectivity index (χ2n) is 10.5. The van der Waals surface area contributed by atoms with Gasteiger partial charge in [0.05, 0.1) is 30.5 Å². The van der Waals surface area contributed by atoms with Crippen molar-refractivity contribution in [3.05, 3.63) is 60.0 Å². The number of aromatic nitrogens is 4. The van der Waals surface area contributed by atoms with E-state index in [1.54, 1.807) is 65.8 Å². The van der Waals surface area contributed by atoms with Gasteiger partial charge in [0, 0.05) is 30.4 Å². The number of likely N-dealkylation sites (tertiary alicyclic amines) is 1. The van der Waals surface area contributed by atoms with Gasteiger partial charge in [0.25, 0.3) is 5.91 Å². The lowest BCUT2D eigenvalue weighted by molar-refractivity contribution is -0.274. The van der Waals surface area contributed by atoms with Crippen molar-refractivity contribution in [1.82, 2.24) is 29.8 Å². The molecule has 4 heterocycles. The van der Waals surface area contributed by atoms with E-state index in [2.05, 4.69) is 20.0 Å². The zero-order valence-electron chi connectivity index (χ0n) is 21.6. The normalized spacial score (nSPS) is 19.4. The van der Waals surface area contributed by atoms with Crippen LogP contribution in [0.2, 0.25) is 0 Å². The lowest BCUT2D eigenvalue weighted by atomic mass is 10.1. The number of hydrogen-bond donors (Lipinski definition) is 0. The van der Waals surface area contributed by atoms with Crippen LogP contribution in [0.4, 0.5) is 18.0 Å². The lowest BCUT2D eigenvalue weighted by Gasteiger charge is -2.28. The molecule has 0 unspecified atom stereocenters. The third-order valence-electron chi connectivity index (χ3n) is 6.48. The zero-order valence-corrected chi connectivity index (χ0v) is 21.6. The number of alkyl halides is 3. The van der Waals surface area contributed by atoms with Gasteiger partial charge in [0.15, 0.2) is 0 Å². The Morgan fingerprint density at radius 2 is 1.95 bits per heavy atom. The van der Waals surface area contributed by atoms with E-state index in [4.69, 9.17) is 4.74 Å². The van der Waals surface area contributed by atoms with Crippen LogP contribution in [0.3, 0.4) is 0 Å². The number of halogens is 3. The number of carbonyl (C=O) groups is 2. The molecule has 2 aromatic heterocycles. The molecule has 39 heavy (non-hydrogen) atoms. The molecule has 1 saturated heterocycles. The van der Waals surface area contributed by atoms with Gasteiger partial charge in [0.1, 0.15) is 17.0 Å². The summed E-state index contributed by atoms with van der Waals surface area (Å²) >= 11 is 0. The number of pyridine rings is 1. The molecule has 0 saturated carbocycles. The van der Waals surface area contributed by atoms with Crippen LogP contribution in [-0.2, 0) is 17.8 Å². The van der Waals surface area contributed by atoms with Crippen LogP contribution in [-0.4, -0.2) is 72.4 Å². The van der Waals surface area contributed by atoms with Crippen molar-refractivity contribution in [3.8, 4) is 17.0 Å². The maximum Gasteiger partial charge on any atom is 0.573 e. The molecule has 1 aromatic carbocycles. The van der Waals surface area contributed by atoms with E-state index in [1.807, 2.05) is 0 Å². The van der Waals surface area contributed by atoms with Gasteiger partial charge < -0.3 is 19.3 Å². The van der Waals surface area contributed by atoms with Crippen molar-refractivity contribution < 1.29 is 32.2 Å². The van der Waals surface area contributed by atoms with Crippen LogP contribution < -0.4 is 4.74 Å². The number of benzene rings is 1. The highest BCUT2D eigenvalue weighted by atomic mass is 19.4. The molecule has 5 rings (SSSR count). The molecule has 0 aliphatic carbocycles. The Kier molecular flexibility index (Phi) is 6.69. The minimum absolute atomic E-state index is 0.234. The SMILES string of the molecule is CC(C)(C)OC(=O)N1C[C@H](N2Cc3ccc(-c4cccc(OC(F)(F)F)c4)nc3C2=O)C[C@H]1Cn1ccnn1. The molecule has 10 nitrogen and oxygen atoms in total. The Labute approximate surface area is 222 Å². The molecule has 2 aliphatic heterocycles. The van der Waals surface area contributed by atoms with Crippen molar-refractivity contribution in [3.63, 3.8) is 0 Å². The molecule has 2 aliphatic rings. The van der Waals surface area contributed by atoms with Gasteiger partial charge in [-0.2, -0.15) is 0 Å². The number of ether oxygens (including phenoxy) is 2. The van der Waals surface area contributed by atoms with Gasteiger partial charge in [-0.25, -0.2) is 9.78 Å². The topological polar surface area (TPSA) is 103 Å². The van der Waals surface area contributed by atoms with Crippen LogP contribution in [0.25, 0.3) is 11.3 Å². The van der Waals surface area contributed by atoms with Crippen LogP contribution in [0.1, 0.15) is 43.2 Å². The van der Waals surface area contributed by atoms with Gasteiger partial charge in [-0.1, -0.05) is 23.4 Å². The van der Waals surface area contributed by atoms with Gasteiger partial charge in [0.2, 0.25) is 0 Å². The first-order valence-corrected chi connectivity index (χ1v) is 12.4. The van der Waals surface area contributed by atoms with E-state index in [-0.39, 0.29) is 36.0 Å². The van der Waals surface area contributed by atoms with E-state index < -0.39 is 18.1 Å². The second-order valence-corrected chi connectivity index (χ2v) is 10.5. The van der Waals surface area contributed by atoms with Crippen molar-refractivity contribution >= 4 is 12.0 Å². The van der Waals surface area contributed by atoms with Gasteiger partial charge in [-0.3, -0.25) is 9.48 Å². The number of fused-ring (bicyclic) bond motifs is 1. The average Bonchev–Trinajstić information content (AvgIpc) is 3.57. The summed E-state index contributed by atoms with van der Waals surface area (Å²) in [5, 5.41) is 7.84. The van der Waals surface area contributed by atoms with Gasteiger partial charge in [-0.05, 0) is 45.4 Å². The van der Waals surface area contributed by atoms with Gasteiger partial charge in [-0.15, -0.1) is 18.3 Å². The van der Waals surface area contributed by atoms with E-state index in [1.165, 1.54) is 18.2 Å². The third-order valence-corrected chi connectivity index (χ3v) is 6.48. The number of nitrogens with zero attached hydrogens (tertiary/aromatic N) is 6. The fourth-order valence-corrected chi connectivity index (χ4v) is 4.88. The summed E-state index contributed by atoms with van der Waals surface area (Å²) in [5.74, 6) is -0.674. The maximum absolute atomic E-state index is 13.5. The van der Waals surface area contributed by atoms with Crippen molar-refractivity contribution in [1.29, 1.82) is 0 Å². The first-order chi connectivity index (χ1) is 18.4. The molecule has 3 aromatic rings. The third kappa shape index (κ3) is 5.96. The number of rotatable bonds is 5. The Hall–Kier alpha value is -4.16. The molecular formula is C26H27F3N6O4. The standard InChI is InChI=1S/C26H27F3N6O4/c1-25(2,3)39-24(37)35-15-19(12-18(35)14-33-10-9-30-32-33)34-13-17-7-8-21(31-22(17)23(34)36)16-5-4-6-20(11-16)38-26(27,28)29/h4-11,18-19H,12-15H2,1-3H3/t18-,19+/m0/s1. The number of hydrogen-bond acceptors (Lipinski definition) is 7. The molecule has 2 amide bonds. The lowest BCUT2D eigenvalue weighted by Crippen LogP contribution is -2.43. The van der Waals surface area contributed by atoms with Crippen molar-refractivity contribution in [2.45, 2.75) is 64.3 Å². The van der Waals surface area contributed by atoms with Crippen molar-refractivity contribution in [2.75, 3.05) is 6.54 Å². The van der Waals surface area contributed by atoms with E-state index in [9.17, 15) is 22.8 Å². The fourth-order valence-electron chi connectivity index (χ4n) is 4.88. The van der Waals surface area contributed by atoms with Crippen molar-refractivity contribution in [2.24, 2.45) is 0 Å². The second kappa shape index (κ2) is 9.86. The molecule has 0 spiro atoms. The maximum atomic E-state index is 13.5. The summed E-state index contributed by atoms with van der Waals surface area (Å²) in [6.07, 6.45) is -1.53. The van der Waals surface area contributed by atoms with Gasteiger partial charge >= 0.3 is 12.5 Å². The summed E-state index contributed by atoms with van der Waals surface area (Å²) < 4.78 is 49.3. The molecular weight excluding hydrogens is 517 g/mol. The summed E-state index contributed by atoms with van der Waals surface area (Å²) in [4.78, 5) is 34.3. The molecule has 0 bridgehead atoms. The summed E-state index contributed by atoms with van der Waals surface area (Å²) in [6.45, 7) is 6.35. The molecule has 0 N–H and O–H groups in total. The van der Waals surface area contributed by atoms with E-state index in [0.717, 1.165) is 0 Å². The van der Waals surface area contributed by atoms with Crippen LogP contribution in [0, 0.1) is 0 Å². The predicted molar refractivity (Wildman–Crippen MR) is 131 cm³/mol. The van der Waals surface area contributed by atoms with Crippen LogP contribution >= 0.6 is 0 Å². The van der Waals surface area contributed by atoms with Crippen LogP contribution in [0.5, 0.6) is 5.75 Å². The smallest absolute Gasteiger partial charge is 0.444 e. The van der Waals surface area contributed by atoms with Crippen LogP contribution in [0.15, 0.2) is 48.8 Å². The number of carbonyl (C=O) groups excluding carboxylic acids is 2. The quantitative estimate of drug-likeness (QED) is 0.473. The Morgan fingerprint density at radius 1 is 1.15 bits per heavy atom. The Morgan fingerprint density at radius 3 is 2.64 bits per heavy atom. The minimum atomic E-state index is -4.82.